The summed E-state index contributed by atoms with van der Waals surface area (Å²) in [5, 5.41) is 33.4. The zero-order valence-corrected chi connectivity index (χ0v) is 15.2. The predicted molar refractivity (Wildman–Crippen MR) is 94.3 cm³/mol. The molecule has 24 heavy (non-hydrogen) atoms. The van der Waals surface area contributed by atoms with Gasteiger partial charge in [0.15, 0.2) is 0 Å². The van der Waals surface area contributed by atoms with Gasteiger partial charge in [0.1, 0.15) is 11.9 Å². The van der Waals surface area contributed by atoms with Crippen molar-refractivity contribution in [1.29, 1.82) is 0 Å². The number of Topliss-reactive ketones (excluding diaryl/α,β-unsaturated/α-hetero) is 1. The van der Waals surface area contributed by atoms with Gasteiger partial charge in [-0.15, -0.1) is 0 Å². The standard InChI is InChI=1S/C15H28N2O6S/c1-10(19)8-12(21)24-7-6-16-11(20)4-5-17-14(23)13(22)15(2,3)9-18/h13,18,21-22,24H,4-9H2,1-3H3,(H,16,20)(H,17,23)/t13-/m0/s1. The number of ketones is 1. The molecule has 0 aliphatic rings. The Hall–Kier alpha value is -1.29. The second-order valence-electron chi connectivity index (χ2n) is 6.12. The number of hydrogen-bond acceptors (Lipinski definition) is 5. The Labute approximate surface area is 145 Å². The highest BCUT2D eigenvalue weighted by atomic mass is 32.1. The third-order valence-electron chi connectivity index (χ3n) is 3.18. The van der Waals surface area contributed by atoms with Crippen molar-refractivity contribution >= 4 is 34.0 Å². The quantitative estimate of drug-likeness (QED) is 0.160. The maximum absolute atomic E-state index is 11.7. The molecule has 9 heteroatoms. The van der Waals surface area contributed by atoms with Crippen molar-refractivity contribution in [2.24, 2.45) is 5.41 Å². The van der Waals surface area contributed by atoms with Gasteiger partial charge >= 0.3 is 0 Å². The number of rotatable bonds is 11. The largest absolute Gasteiger partial charge is 0.396 e. The molecule has 0 saturated carbocycles. The monoisotopic (exact) mass is 364 g/mol. The molecule has 8 nitrogen and oxygen atoms in total. The lowest BCUT2D eigenvalue weighted by Gasteiger charge is -2.27. The third kappa shape index (κ3) is 9.76. The van der Waals surface area contributed by atoms with Gasteiger partial charge in [-0.25, -0.2) is 0 Å². The van der Waals surface area contributed by atoms with E-state index in [1.54, 1.807) is 13.8 Å². The number of nitrogens with one attached hydrogen (secondary N) is 2. The first-order chi connectivity index (χ1) is 11.1. The number of aliphatic hydroxyl groups excluding tert-OH is 3. The highest BCUT2D eigenvalue weighted by Gasteiger charge is 2.32. The first kappa shape index (κ1) is 22.7. The van der Waals surface area contributed by atoms with Crippen molar-refractivity contribution < 1.29 is 29.7 Å². The van der Waals surface area contributed by atoms with E-state index in [4.69, 9.17) is 5.11 Å². The smallest absolute Gasteiger partial charge is 0.249 e. The molecular weight excluding hydrogens is 336 g/mol. The Morgan fingerprint density at radius 1 is 1.17 bits per heavy atom. The lowest BCUT2D eigenvalue weighted by Crippen LogP contribution is -2.46. The molecular formula is C15H28N2O6S. The van der Waals surface area contributed by atoms with Crippen LogP contribution in [0, 0.1) is 5.41 Å². The Morgan fingerprint density at radius 3 is 2.33 bits per heavy atom. The second-order valence-corrected chi connectivity index (χ2v) is 7.40. The summed E-state index contributed by atoms with van der Waals surface area (Å²) in [5.41, 5.74) is -0.955. The Morgan fingerprint density at radius 2 is 1.79 bits per heavy atom. The van der Waals surface area contributed by atoms with E-state index in [1.165, 1.54) is 6.92 Å². The van der Waals surface area contributed by atoms with Gasteiger partial charge in [-0.1, -0.05) is 13.8 Å². The maximum atomic E-state index is 11.7. The SMILES string of the molecule is CC(=O)CC(O)=[SH]CCNC(=O)CCNC(=O)[C@H](O)C(C)(C)CO. The van der Waals surface area contributed by atoms with Gasteiger partial charge in [0.2, 0.25) is 11.8 Å². The fourth-order valence-electron chi connectivity index (χ4n) is 1.58. The summed E-state index contributed by atoms with van der Waals surface area (Å²) in [6, 6.07) is 0. The van der Waals surface area contributed by atoms with Gasteiger partial charge in [0.25, 0.3) is 0 Å². The van der Waals surface area contributed by atoms with Crippen LogP contribution in [0.1, 0.15) is 33.6 Å². The summed E-state index contributed by atoms with van der Waals surface area (Å²) in [5.74, 6) is -0.538. The summed E-state index contributed by atoms with van der Waals surface area (Å²) >= 11 is 0.596. The van der Waals surface area contributed by atoms with Crippen molar-refractivity contribution in [2.75, 3.05) is 25.4 Å². The summed E-state index contributed by atoms with van der Waals surface area (Å²) in [7, 11) is 0. The van der Waals surface area contributed by atoms with Crippen LogP contribution in [0.5, 0.6) is 0 Å². The molecule has 0 fully saturated rings. The number of thiol groups is 1. The summed E-state index contributed by atoms with van der Waals surface area (Å²) in [6.45, 7) is 4.58. The molecule has 1 atom stereocenters. The summed E-state index contributed by atoms with van der Waals surface area (Å²) in [4.78, 5) is 34.0. The van der Waals surface area contributed by atoms with Gasteiger partial charge in [0.05, 0.1) is 18.1 Å². The normalized spacial score (nSPS) is 13.7. The molecule has 0 heterocycles. The van der Waals surface area contributed by atoms with Crippen molar-refractivity contribution in [2.45, 2.75) is 39.7 Å². The first-order valence-electron chi connectivity index (χ1n) is 7.65. The maximum Gasteiger partial charge on any atom is 0.249 e. The van der Waals surface area contributed by atoms with Gasteiger partial charge < -0.3 is 26.0 Å². The van der Waals surface area contributed by atoms with Crippen molar-refractivity contribution in [1.82, 2.24) is 10.6 Å². The molecule has 0 unspecified atom stereocenters. The van der Waals surface area contributed by atoms with Crippen LogP contribution in [0.3, 0.4) is 0 Å². The second kappa shape index (κ2) is 11.3. The molecule has 0 aromatic heterocycles. The molecule has 0 aromatic rings. The Kier molecular flexibility index (Phi) is 10.7. The van der Waals surface area contributed by atoms with Gasteiger partial charge in [-0.2, -0.15) is 11.4 Å². The molecule has 0 aliphatic heterocycles. The van der Waals surface area contributed by atoms with Crippen LogP contribution in [0.15, 0.2) is 0 Å². The zero-order valence-electron chi connectivity index (χ0n) is 14.3. The van der Waals surface area contributed by atoms with Crippen LogP contribution in [0.25, 0.3) is 0 Å². The van der Waals surface area contributed by atoms with Crippen LogP contribution in [0.2, 0.25) is 0 Å². The van der Waals surface area contributed by atoms with Crippen LogP contribution >= 0.6 is 11.4 Å². The first-order valence-corrected chi connectivity index (χ1v) is 8.73. The topological polar surface area (TPSA) is 136 Å². The molecule has 0 aromatic carbocycles. The third-order valence-corrected chi connectivity index (χ3v) is 4.15. The van der Waals surface area contributed by atoms with Gasteiger partial charge in [-0.05, 0) is 6.92 Å². The van der Waals surface area contributed by atoms with Crippen LogP contribution < -0.4 is 10.6 Å². The molecule has 0 spiro atoms. The molecule has 2 amide bonds. The summed E-state index contributed by atoms with van der Waals surface area (Å²) in [6.07, 6.45) is -1.28. The van der Waals surface area contributed by atoms with Crippen molar-refractivity contribution in [3.63, 3.8) is 0 Å². The van der Waals surface area contributed by atoms with Crippen LogP contribution in [0.4, 0.5) is 0 Å². The van der Waals surface area contributed by atoms with Crippen molar-refractivity contribution in [3.8, 4) is 0 Å². The number of carbonyl (C=O) groups is 3. The number of amides is 2. The van der Waals surface area contributed by atoms with E-state index >= 15 is 0 Å². The lowest BCUT2D eigenvalue weighted by molar-refractivity contribution is -0.137. The molecule has 0 radical (unpaired) electrons. The highest BCUT2D eigenvalue weighted by molar-refractivity contribution is 7.98. The zero-order chi connectivity index (χ0) is 18.8. The number of aliphatic hydroxyl groups is 3. The molecule has 0 aliphatic carbocycles. The Bertz CT molecular complexity index is 479. The highest BCUT2D eigenvalue weighted by Crippen LogP contribution is 2.19. The number of carbonyl (C=O) groups excluding carboxylic acids is 3. The van der Waals surface area contributed by atoms with E-state index < -0.39 is 17.4 Å². The van der Waals surface area contributed by atoms with Crippen molar-refractivity contribution in [3.05, 3.63) is 0 Å². The van der Waals surface area contributed by atoms with E-state index in [-0.39, 0.29) is 42.7 Å². The van der Waals surface area contributed by atoms with Crippen LogP contribution in [-0.2, 0) is 14.4 Å². The minimum atomic E-state index is -1.36. The number of hydrogen-bond donors (Lipinski definition) is 6. The van der Waals surface area contributed by atoms with Gasteiger partial charge in [0, 0.05) is 30.7 Å². The molecule has 140 valence electrons. The minimum Gasteiger partial charge on any atom is -0.396 e. The van der Waals surface area contributed by atoms with E-state index in [9.17, 15) is 24.6 Å². The van der Waals surface area contributed by atoms with E-state index in [0.717, 1.165) is 0 Å². The van der Waals surface area contributed by atoms with Gasteiger partial charge in [-0.3, -0.25) is 14.4 Å². The predicted octanol–water partition coefficient (Wildman–Crippen LogP) is -0.879. The van der Waals surface area contributed by atoms with E-state index in [1.807, 2.05) is 0 Å². The Balaban J connectivity index is 3.95. The van der Waals surface area contributed by atoms with Crippen LogP contribution in [-0.4, -0.2) is 69.5 Å². The lowest BCUT2D eigenvalue weighted by atomic mass is 9.87. The molecule has 5 N–H and O–H groups in total. The fraction of sp³-hybridized carbons (Fsp3) is 0.733. The van der Waals surface area contributed by atoms with E-state index in [2.05, 4.69) is 10.6 Å². The fourth-order valence-corrected chi connectivity index (χ4v) is 2.40. The average molecular weight is 364 g/mol. The average Bonchev–Trinajstić information content (AvgIpc) is 2.49. The van der Waals surface area contributed by atoms with E-state index in [0.29, 0.717) is 23.6 Å². The summed E-state index contributed by atoms with van der Waals surface area (Å²) < 4.78 is 0. The molecule has 0 saturated heterocycles. The molecule has 0 bridgehead atoms. The minimum absolute atomic E-state index is 0.0219. The molecule has 0 rings (SSSR count).